The third kappa shape index (κ3) is 23.6. The van der Waals surface area contributed by atoms with Crippen LogP contribution in [0.15, 0.2) is 115 Å². The van der Waals surface area contributed by atoms with E-state index in [-0.39, 0.29) is 11.8 Å². The molecular formula is C54H66Cl7N6O7+. The van der Waals surface area contributed by atoms with Crippen molar-refractivity contribution < 1.29 is 38.6 Å². The Bertz CT molecular complexity index is 2420. The zero-order chi connectivity index (χ0) is 53.7. The van der Waals surface area contributed by atoms with E-state index in [9.17, 15) is 14.4 Å². The van der Waals surface area contributed by atoms with Crippen LogP contribution in [0.2, 0.25) is 30.1 Å². The van der Waals surface area contributed by atoms with Crippen molar-refractivity contribution in [3.8, 4) is 0 Å². The summed E-state index contributed by atoms with van der Waals surface area (Å²) in [7, 11) is 1.89. The van der Waals surface area contributed by atoms with Gasteiger partial charge >= 0.3 is 5.97 Å². The molecule has 0 saturated carbocycles. The first-order valence-electron chi connectivity index (χ1n) is 24.3. The van der Waals surface area contributed by atoms with Crippen LogP contribution >= 0.6 is 81.2 Å². The molecule has 3 aliphatic heterocycles. The number of likely N-dealkylation sites (N-methyl/N-ethyl adjacent to an activating group) is 1. The van der Waals surface area contributed by atoms with Crippen LogP contribution in [0.3, 0.4) is 0 Å². The average Bonchev–Trinajstić information content (AvgIpc) is 3.41. The minimum absolute atomic E-state index is 0.166. The molecule has 2 amide bonds. The number of carbonyl (C=O) groups excluding carboxylic acids is 2. The summed E-state index contributed by atoms with van der Waals surface area (Å²) in [6, 6.07) is 36.5. The van der Waals surface area contributed by atoms with Crippen molar-refractivity contribution in [3.05, 3.63) is 157 Å². The molecule has 0 bridgehead atoms. The molecule has 3 fully saturated rings. The van der Waals surface area contributed by atoms with Crippen molar-refractivity contribution in [2.24, 2.45) is 0 Å². The number of morpholine rings is 3. The predicted octanol–water partition coefficient (Wildman–Crippen LogP) is 10.4. The van der Waals surface area contributed by atoms with Crippen molar-refractivity contribution in [2.75, 3.05) is 94.9 Å². The number of carbonyl (C=O) groups is 3. The van der Waals surface area contributed by atoms with Gasteiger partial charge in [0.15, 0.2) is 12.2 Å². The van der Waals surface area contributed by atoms with Crippen LogP contribution in [0, 0.1) is 0 Å². The van der Waals surface area contributed by atoms with E-state index in [1.54, 1.807) is 54.6 Å². The molecule has 4 atom stereocenters. The molecular weight excluding hydrogens is 1090 g/mol. The van der Waals surface area contributed by atoms with Crippen LogP contribution in [0.4, 0.5) is 17.1 Å². The van der Waals surface area contributed by atoms with Crippen LogP contribution in [0.25, 0.3) is 0 Å². The van der Waals surface area contributed by atoms with Gasteiger partial charge in [0.25, 0.3) is 11.8 Å². The molecule has 0 spiro atoms. The van der Waals surface area contributed by atoms with Gasteiger partial charge in [-0.25, -0.2) is 4.79 Å². The summed E-state index contributed by atoms with van der Waals surface area (Å²) in [5.41, 5.74) is 9.74. The van der Waals surface area contributed by atoms with Crippen molar-refractivity contribution in [2.45, 2.75) is 56.8 Å². The summed E-state index contributed by atoms with van der Waals surface area (Å²) in [5, 5.41) is 19.6. The minimum Gasteiger partial charge on any atom is -0.479 e. The zero-order valence-corrected chi connectivity index (χ0v) is 46.6. The van der Waals surface area contributed by atoms with E-state index < -0.39 is 24.3 Å². The second-order valence-electron chi connectivity index (χ2n) is 17.2. The van der Waals surface area contributed by atoms with E-state index >= 15 is 0 Å². The second kappa shape index (κ2) is 35.4. The van der Waals surface area contributed by atoms with Gasteiger partial charge in [-0.15, -0.1) is 11.6 Å². The highest BCUT2D eigenvalue weighted by Gasteiger charge is 2.30. The van der Waals surface area contributed by atoms with Crippen LogP contribution in [-0.2, 0) is 41.4 Å². The predicted molar refractivity (Wildman–Crippen MR) is 303 cm³/mol. The second-order valence-corrected chi connectivity index (χ2v) is 20.0. The van der Waals surface area contributed by atoms with Gasteiger partial charge in [0.2, 0.25) is 0 Å². The number of alkyl halides is 1. The third-order valence-electron chi connectivity index (χ3n) is 11.5. The highest BCUT2D eigenvalue weighted by atomic mass is 35.5. The molecule has 3 heterocycles. The first kappa shape index (κ1) is 62.6. The van der Waals surface area contributed by atoms with Gasteiger partial charge in [-0.1, -0.05) is 148 Å². The highest BCUT2D eigenvalue weighted by molar-refractivity contribution is 6.45. The Labute approximate surface area is 470 Å². The van der Waals surface area contributed by atoms with Gasteiger partial charge < -0.3 is 50.8 Å². The molecule has 7 N–H and O–H groups in total. The topological polar surface area (TPSA) is 169 Å². The van der Waals surface area contributed by atoms with E-state index in [1.807, 2.05) is 24.1 Å². The number of halogens is 7. The standard InChI is InChI=1S/C21H24Cl2N2O2.C11H12Cl2N2O2.C10H13Cl.C6H5Cl2N.C6H11NO3/c22-17-10-6-11-18(20(17)23)24-21(26)19-15-25(13-14-27-19)12-5-4-9-16-7-2-1-3-8-16;12-7-2-1-3-8(10(7)13)15-11(16)9-6-14-4-5-17-9;11-9-5-4-8-10-6-2-1-3-7-10;7-4-2-1-3-5(9)6(4)8;1-7-2-3-10-5(4-7)6(8)9/h1-3,6-8,10-11,19H,4-5,9,12-15H2,(H,24,26);1-3,9,14H,4-6H2,(H,15,16);1-3,6-7H,4-5,8-9H2;1-3H,9H2;5H,2-4H2,1H3,(H,8,9)/p+1. The molecule has 0 aromatic heterocycles. The van der Waals surface area contributed by atoms with Gasteiger partial charge in [-0.3, -0.25) is 9.59 Å². The Hall–Kier alpha value is -3.90. The monoisotopic (exact) mass is 1160 g/mol. The summed E-state index contributed by atoms with van der Waals surface area (Å²) in [6.07, 6.45) is 5.30. The number of rotatable bonds is 14. The summed E-state index contributed by atoms with van der Waals surface area (Å²) >= 11 is 40.8. The molecule has 74 heavy (non-hydrogen) atoms. The van der Waals surface area contributed by atoms with E-state index in [0.29, 0.717) is 86.7 Å². The number of nitrogens with one attached hydrogen (secondary N) is 4. The fourth-order valence-electron chi connectivity index (χ4n) is 7.39. The number of unbranched alkanes of at least 4 members (excludes halogenated alkanes) is 2. The molecule has 3 saturated heterocycles. The SMILES string of the molecule is CN1CCOC(C(=O)O)C1.ClCCCCc1ccccc1.Nc1cccc(Cl)c1Cl.O=C(Nc1cccc(Cl)c1Cl)C1CNCCO1.O=C(Nc1cccc(Cl)c1Cl)C1C[NH+](CCCCc2ccccc2)CCO1. The van der Waals surface area contributed by atoms with Gasteiger partial charge in [0.1, 0.15) is 19.2 Å². The number of hydrogen-bond acceptors (Lipinski definition) is 9. The van der Waals surface area contributed by atoms with Gasteiger partial charge in [0, 0.05) is 32.1 Å². The van der Waals surface area contributed by atoms with Crippen molar-refractivity contribution in [1.29, 1.82) is 0 Å². The molecule has 5 aromatic carbocycles. The van der Waals surface area contributed by atoms with Crippen molar-refractivity contribution in [3.63, 3.8) is 0 Å². The number of nitrogens with two attached hydrogens (primary N) is 1. The Morgan fingerprint density at radius 3 is 1.65 bits per heavy atom. The Balaban J connectivity index is 0.000000216. The average molecular weight is 1160 g/mol. The van der Waals surface area contributed by atoms with Crippen molar-refractivity contribution in [1.82, 2.24) is 10.2 Å². The molecule has 20 heteroatoms. The van der Waals surface area contributed by atoms with Crippen LogP contribution in [-0.4, -0.2) is 125 Å². The maximum absolute atomic E-state index is 12.5. The lowest BCUT2D eigenvalue weighted by Gasteiger charge is -2.29. The molecule has 4 unspecified atom stereocenters. The molecule has 13 nitrogen and oxygen atoms in total. The molecule has 0 aliphatic carbocycles. The smallest absolute Gasteiger partial charge is 0.334 e. The van der Waals surface area contributed by atoms with Crippen LogP contribution in [0.1, 0.15) is 36.8 Å². The fraction of sp³-hybridized carbons (Fsp3) is 0.389. The normalized spacial score (nSPS) is 18.2. The summed E-state index contributed by atoms with van der Waals surface area (Å²) < 4.78 is 16.0. The summed E-state index contributed by atoms with van der Waals surface area (Å²) in [6.45, 7) is 6.90. The summed E-state index contributed by atoms with van der Waals surface area (Å²) in [4.78, 5) is 38.1. The van der Waals surface area contributed by atoms with E-state index in [2.05, 4.69) is 64.5 Å². The Morgan fingerprint density at radius 1 is 0.649 bits per heavy atom. The number of carboxylic acids is 1. The fourth-order valence-corrected chi connectivity index (χ4v) is 8.58. The van der Waals surface area contributed by atoms with Crippen LogP contribution < -0.4 is 26.6 Å². The number of anilines is 3. The largest absolute Gasteiger partial charge is 0.479 e. The third-order valence-corrected chi connectivity index (χ3v) is 14.2. The number of nitrogen functional groups attached to an aromatic ring is 1. The first-order valence-corrected chi connectivity index (χ1v) is 27.1. The molecule has 3 aliphatic rings. The lowest BCUT2D eigenvalue weighted by molar-refractivity contribution is -0.910. The molecule has 8 rings (SSSR count). The Morgan fingerprint density at radius 2 is 1.16 bits per heavy atom. The van der Waals surface area contributed by atoms with E-state index in [1.165, 1.54) is 22.4 Å². The maximum atomic E-state index is 12.5. The van der Waals surface area contributed by atoms with Gasteiger partial charge in [-0.05, 0) is 93.1 Å². The van der Waals surface area contributed by atoms with Crippen molar-refractivity contribution >= 4 is 116 Å². The van der Waals surface area contributed by atoms with E-state index in [4.69, 9.17) is 106 Å². The number of ether oxygens (including phenoxy) is 3. The highest BCUT2D eigenvalue weighted by Crippen LogP contribution is 2.31. The lowest BCUT2D eigenvalue weighted by atomic mass is 10.1. The molecule has 402 valence electrons. The maximum Gasteiger partial charge on any atom is 0.334 e. The number of amides is 2. The number of nitrogens with zero attached hydrogens (tertiary/aromatic N) is 1. The number of benzene rings is 5. The van der Waals surface area contributed by atoms with Gasteiger partial charge in [0.05, 0.1) is 73.6 Å². The van der Waals surface area contributed by atoms with Gasteiger partial charge in [-0.2, -0.15) is 0 Å². The molecule has 5 aromatic rings. The summed E-state index contributed by atoms with van der Waals surface area (Å²) in [5.74, 6) is -0.471. The van der Waals surface area contributed by atoms with E-state index in [0.717, 1.165) is 64.2 Å². The Kier molecular flexibility index (Phi) is 30.0. The number of quaternary nitrogens is 1. The number of hydrogen-bond donors (Lipinski definition) is 6. The van der Waals surface area contributed by atoms with Crippen LogP contribution in [0.5, 0.6) is 0 Å². The number of carboxylic acid groups (broad SMARTS) is 1. The lowest BCUT2D eigenvalue weighted by Crippen LogP contribution is -3.15. The quantitative estimate of drug-likeness (QED) is 0.0358. The first-order chi connectivity index (χ1) is 35.7. The number of aliphatic carboxylic acids is 1. The molecule has 0 radical (unpaired) electrons. The minimum atomic E-state index is -0.869. The number of aryl methyl sites for hydroxylation is 2. The zero-order valence-electron chi connectivity index (χ0n) is 41.3.